The molecule has 2 rings (SSSR count). The van der Waals surface area contributed by atoms with E-state index in [9.17, 15) is 5.11 Å². The minimum absolute atomic E-state index is 0.194. The van der Waals surface area contributed by atoms with Crippen molar-refractivity contribution < 1.29 is 9.84 Å². The smallest absolute Gasteiger partial charge is 0.160 e. The molecule has 1 fully saturated rings. The Morgan fingerprint density at radius 2 is 2.43 bits per heavy atom. The van der Waals surface area contributed by atoms with Crippen molar-refractivity contribution in [2.24, 2.45) is 0 Å². The summed E-state index contributed by atoms with van der Waals surface area (Å²) < 4.78 is 5.06. The van der Waals surface area contributed by atoms with Gasteiger partial charge in [0.2, 0.25) is 0 Å². The summed E-state index contributed by atoms with van der Waals surface area (Å²) >= 11 is 1.87. The zero-order valence-electron chi connectivity index (χ0n) is 7.99. The summed E-state index contributed by atoms with van der Waals surface area (Å²) in [5.41, 5.74) is 1.15. The number of hydrogen-bond acceptors (Lipinski definition) is 4. The van der Waals surface area contributed by atoms with Crippen LogP contribution in [0.4, 0.5) is 0 Å². The number of phenols is 1. The third-order valence-corrected chi connectivity index (χ3v) is 3.43. The molecule has 0 bridgehead atoms. The number of thioether (sulfide) groups is 1. The lowest BCUT2D eigenvalue weighted by atomic mass is 10.2. The Balaban J connectivity index is 2.25. The summed E-state index contributed by atoms with van der Waals surface area (Å²) in [7, 11) is 1.56. The first kappa shape index (κ1) is 9.68. The number of hydrogen-bond donors (Lipinski definition) is 2. The van der Waals surface area contributed by atoms with Crippen LogP contribution in [-0.4, -0.2) is 24.5 Å². The topological polar surface area (TPSA) is 41.5 Å². The number of phenolic OH excluding ortho intramolecular Hbond substituents is 1. The Morgan fingerprint density at radius 3 is 3.07 bits per heavy atom. The zero-order valence-corrected chi connectivity index (χ0v) is 8.80. The van der Waals surface area contributed by atoms with Crippen LogP contribution >= 0.6 is 11.8 Å². The van der Waals surface area contributed by atoms with E-state index in [0.717, 1.165) is 17.9 Å². The first-order chi connectivity index (χ1) is 6.81. The summed E-state index contributed by atoms with van der Waals surface area (Å²) in [6.45, 7) is 1.04. The van der Waals surface area contributed by atoms with E-state index in [1.165, 1.54) is 0 Å². The van der Waals surface area contributed by atoms with E-state index in [-0.39, 0.29) is 5.75 Å². The third-order valence-electron chi connectivity index (χ3n) is 2.22. The van der Waals surface area contributed by atoms with Gasteiger partial charge in [-0.2, -0.15) is 0 Å². The van der Waals surface area contributed by atoms with E-state index in [4.69, 9.17) is 4.74 Å². The van der Waals surface area contributed by atoms with E-state index in [0.29, 0.717) is 11.1 Å². The van der Waals surface area contributed by atoms with Gasteiger partial charge in [0, 0.05) is 12.3 Å². The number of nitrogens with one attached hydrogen (secondary N) is 1. The molecule has 1 aliphatic rings. The van der Waals surface area contributed by atoms with Gasteiger partial charge in [-0.15, -0.1) is 11.8 Å². The van der Waals surface area contributed by atoms with Gasteiger partial charge in [0.1, 0.15) is 0 Å². The lowest BCUT2D eigenvalue weighted by Gasteiger charge is -2.11. The predicted molar refractivity (Wildman–Crippen MR) is 57.9 cm³/mol. The Hall–Kier alpha value is -0.870. The minimum Gasteiger partial charge on any atom is -0.504 e. The molecular weight excluding hydrogens is 198 g/mol. The van der Waals surface area contributed by atoms with Crippen molar-refractivity contribution in [3.8, 4) is 11.5 Å². The van der Waals surface area contributed by atoms with E-state index < -0.39 is 0 Å². The van der Waals surface area contributed by atoms with Crippen molar-refractivity contribution in [2.75, 3.05) is 19.4 Å². The van der Waals surface area contributed by atoms with Crippen molar-refractivity contribution in [3.63, 3.8) is 0 Å². The number of aromatic hydroxyl groups is 1. The maximum absolute atomic E-state index is 9.43. The molecular formula is C10H13NO2S. The quantitative estimate of drug-likeness (QED) is 0.782. The van der Waals surface area contributed by atoms with Crippen LogP contribution in [0.5, 0.6) is 11.5 Å². The van der Waals surface area contributed by atoms with Gasteiger partial charge in [-0.1, -0.05) is 6.07 Å². The highest BCUT2D eigenvalue weighted by molar-refractivity contribution is 7.99. The van der Waals surface area contributed by atoms with E-state index in [2.05, 4.69) is 5.32 Å². The predicted octanol–water partition coefficient (Wildman–Crippen LogP) is 1.74. The molecule has 0 amide bonds. The molecule has 1 saturated heterocycles. The molecule has 2 N–H and O–H groups in total. The van der Waals surface area contributed by atoms with Crippen molar-refractivity contribution >= 4 is 11.8 Å². The third kappa shape index (κ3) is 1.81. The molecule has 3 nitrogen and oxygen atoms in total. The lowest BCUT2D eigenvalue weighted by molar-refractivity contribution is 0.373. The monoisotopic (exact) mass is 211 g/mol. The largest absolute Gasteiger partial charge is 0.504 e. The Kier molecular flexibility index (Phi) is 2.84. The molecule has 76 valence electrons. The van der Waals surface area contributed by atoms with Crippen LogP contribution in [-0.2, 0) is 0 Å². The zero-order chi connectivity index (χ0) is 9.97. The highest BCUT2D eigenvalue weighted by atomic mass is 32.2. The van der Waals surface area contributed by atoms with Crippen LogP contribution in [0.25, 0.3) is 0 Å². The molecule has 1 aromatic rings. The molecule has 1 atom stereocenters. The number of rotatable bonds is 2. The van der Waals surface area contributed by atoms with E-state index in [1.807, 2.05) is 23.9 Å². The molecule has 1 aromatic carbocycles. The average molecular weight is 211 g/mol. The molecule has 1 aliphatic heterocycles. The highest BCUT2D eigenvalue weighted by Gasteiger charge is 2.17. The molecule has 0 aliphatic carbocycles. The molecule has 14 heavy (non-hydrogen) atoms. The Morgan fingerprint density at radius 1 is 1.57 bits per heavy atom. The van der Waals surface area contributed by atoms with Gasteiger partial charge in [0.05, 0.1) is 12.5 Å². The summed E-state index contributed by atoms with van der Waals surface area (Å²) in [5.74, 6) is 1.87. The summed E-state index contributed by atoms with van der Waals surface area (Å²) in [5, 5.41) is 13.1. The van der Waals surface area contributed by atoms with Gasteiger partial charge in [0.15, 0.2) is 11.5 Å². The Bertz CT molecular complexity index is 324. The molecule has 0 aromatic heterocycles. The summed E-state index contributed by atoms with van der Waals surface area (Å²) in [4.78, 5) is 0. The second-order valence-electron chi connectivity index (χ2n) is 3.14. The van der Waals surface area contributed by atoms with Crippen molar-refractivity contribution in [2.45, 2.75) is 5.37 Å². The van der Waals surface area contributed by atoms with E-state index in [1.54, 1.807) is 13.2 Å². The summed E-state index contributed by atoms with van der Waals surface area (Å²) in [6.07, 6.45) is 0. The Labute approximate surface area is 87.5 Å². The first-order valence-corrected chi connectivity index (χ1v) is 5.58. The highest BCUT2D eigenvalue weighted by Crippen LogP contribution is 2.35. The van der Waals surface area contributed by atoms with Gasteiger partial charge in [-0.3, -0.25) is 0 Å². The minimum atomic E-state index is 0.194. The first-order valence-electron chi connectivity index (χ1n) is 4.53. The SMILES string of the molecule is COc1cc([C@H]2NCCS2)ccc1O. The van der Waals surface area contributed by atoms with Crippen molar-refractivity contribution in [1.82, 2.24) is 5.32 Å². The average Bonchev–Trinajstić information content (AvgIpc) is 2.71. The molecule has 0 radical (unpaired) electrons. The van der Waals surface area contributed by atoms with Crippen LogP contribution in [0.3, 0.4) is 0 Å². The molecule has 0 spiro atoms. The normalized spacial score (nSPS) is 21.1. The van der Waals surface area contributed by atoms with Gasteiger partial charge in [-0.05, 0) is 17.7 Å². The fraction of sp³-hybridized carbons (Fsp3) is 0.400. The fourth-order valence-corrected chi connectivity index (χ4v) is 2.54. The maximum atomic E-state index is 9.43. The van der Waals surface area contributed by atoms with Crippen molar-refractivity contribution in [1.29, 1.82) is 0 Å². The molecule has 1 heterocycles. The van der Waals surface area contributed by atoms with Crippen LogP contribution in [0.15, 0.2) is 18.2 Å². The summed E-state index contributed by atoms with van der Waals surface area (Å²) in [6, 6.07) is 5.48. The second kappa shape index (κ2) is 4.11. The van der Waals surface area contributed by atoms with Crippen molar-refractivity contribution in [3.05, 3.63) is 23.8 Å². The maximum Gasteiger partial charge on any atom is 0.160 e. The molecule has 0 saturated carbocycles. The number of benzene rings is 1. The molecule has 4 heteroatoms. The van der Waals surface area contributed by atoms with Gasteiger partial charge in [0.25, 0.3) is 0 Å². The second-order valence-corrected chi connectivity index (χ2v) is 4.35. The van der Waals surface area contributed by atoms with Gasteiger partial charge in [-0.25, -0.2) is 0 Å². The fourth-order valence-electron chi connectivity index (χ4n) is 1.50. The van der Waals surface area contributed by atoms with Crippen LogP contribution in [0.2, 0.25) is 0 Å². The standard InChI is InChI=1S/C10H13NO2S/c1-13-9-6-7(2-3-8(9)12)10-11-4-5-14-10/h2-3,6,10-12H,4-5H2,1H3/t10-/m0/s1. The van der Waals surface area contributed by atoms with Crippen LogP contribution < -0.4 is 10.1 Å². The number of ether oxygens (including phenoxy) is 1. The molecule has 0 unspecified atom stereocenters. The van der Waals surface area contributed by atoms with Gasteiger partial charge < -0.3 is 15.2 Å². The van der Waals surface area contributed by atoms with Crippen LogP contribution in [0.1, 0.15) is 10.9 Å². The van der Waals surface area contributed by atoms with Crippen LogP contribution in [0, 0.1) is 0 Å². The van der Waals surface area contributed by atoms with Gasteiger partial charge >= 0.3 is 0 Å². The lowest BCUT2D eigenvalue weighted by Crippen LogP contribution is -2.11. The number of methoxy groups -OCH3 is 1. The van der Waals surface area contributed by atoms with E-state index >= 15 is 0 Å².